The predicted octanol–water partition coefficient (Wildman–Crippen LogP) is 18.9. The first kappa shape index (κ1) is 37.1. The van der Waals surface area contributed by atoms with Crippen molar-refractivity contribution in [2.75, 3.05) is 0 Å². The molecule has 2 heterocycles. The topological polar surface area (TPSA) is 13.1 Å². The van der Waals surface area contributed by atoms with Gasteiger partial charge < -0.3 is 4.42 Å². The maximum absolute atomic E-state index is 6.75. The van der Waals surface area contributed by atoms with Crippen molar-refractivity contribution in [1.29, 1.82) is 0 Å². The smallest absolute Gasteiger partial charge is 0.143 e. The standard InChI is InChI=1S/C64H38OS/c1-3-17-39(18-4-1)59-44-22-7-9-24-46(44)61(52-28-16-32-58-63(52)51-26-12-14-31-57(51)66-58)48-35-33-41(37-54(48)59)42-34-36-49-55(38-42)60(40-19-5-2-6-20-40)45-23-8-10-25-47(45)62(49)53-29-15-27-50-43-21-11-13-30-56(43)65-64(50)53/h1-38H. The van der Waals surface area contributed by atoms with Gasteiger partial charge in [-0.25, -0.2) is 0 Å². The summed E-state index contributed by atoms with van der Waals surface area (Å²) >= 11 is 1.88. The Morgan fingerprint density at radius 3 is 1.32 bits per heavy atom. The largest absolute Gasteiger partial charge is 0.455 e. The quantitative estimate of drug-likeness (QED) is 0.157. The lowest BCUT2D eigenvalue weighted by Gasteiger charge is -2.20. The first-order valence-corrected chi connectivity index (χ1v) is 23.5. The molecule has 66 heavy (non-hydrogen) atoms. The van der Waals surface area contributed by atoms with Crippen LogP contribution in [-0.4, -0.2) is 0 Å². The molecule has 2 heteroatoms. The molecule has 14 rings (SSSR count). The maximum Gasteiger partial charge on any atom is 0.143 e. The first-order chi connectivity index (χ1) is 32.8. The number of fused-ring (bicyclic) bond motifs is 10. The molecule has 0 atom stereocenters. The first-order valence-electron chi connectivity index (χ1n) is 22.7. The van der Waals surface area contributed by atoms with Gasteiger partial charge >= 0.3 is 0 Å². The van der Waals surface area contributed by atoms with E-state index in [-0.39, 0.29) is 0 Å². The molecule has 2 aromatic heterocycles. The number of rotatable bonds is 5. The SMILES string of the molecule is c1ccc(-c2c3ccccc3c(-c3cccc4c3oc3ccccc34)c3ccc(-c4ccc5c(-c6cccc7sc8ccccc8c67)c6ccccc6c(-c6ccccc6)c5c4)cc23)cc1. The molecule has 0 radical (unpaired) electrons. The van der Waals surface area contributed by atoms with Crippen molar-refractivity contribution in [3.63, 3.8) is 0 Å². The molecule has 0 amide bonds. The molecule has 0 unspecified atom stereocenters. The normalized spacial score (nSPS) is 11.9. The summed E-state index contributed by atoms with van der Waals surface area (Å²) in [5, 5.41) is 14.7. The van der Waals surface area contributed by atoms with E-state index in [1.54, 1.807) is 0 Å². The van der Waals surface area contributed by atoms with Crippen LogP contribution in [0.1, 0.15) is 0 Å². The highest BCUT2D eigenvalue weighted by molar-refractivity contribution is 7.26. The van der Waals surface area contributed by atoms with Crippen molar-refractivity contribution in [2.45, 2.75) is 0 Å². The molecular weight excluding hydrogens is 817 g/mol. The van der Waals surface area contributed by atoms with Crippen molar-refractivity contribution >= 4 is 96.5 Å². The highest BCUT2D eigenvalue weighted by Gasteiger charge is 2.23. The summed E-state index contributed by atoms with van der Waals surface area (Å²) in [5.74, 6) is 0. The van der Waals surface area contributed by atoms with E-state index in [9.17, 15) is 0 Å². The van der Waals surface area contributed by atoms with E-state index in [1.807, 2.05) is 11.3 Å². The molecule has 0 saturated heterocycles. The number of thiophene rings is 1. The van der Waals surface area contributed by atoms with Crippen molar-refractivity contribution in [3.05, 3.63) is 231 Å². The molecule has 0 aliphatic rings. The molecular formula is C64H38OS. The van der Waals surface area contributed by atoms with Crippen LogP contribution in [-0.2, 0) is 0 Å². The summed E-state index contributed by atoms with van der Waals surface area (Å²) in [7, 11) is 0. The number of hydrogen-bond acceptors (Lipinski definition) is 2. The Labute approximate surface area is 385 Å². The summed E-state index contributed by atoms with van der Waals surface area (Å²) < 4.78 is 9.37. The highest BCUT2D eigenvalue weighted by atomic mass is 32.1. The van der Waals surface area contributed by atoms with Gasteiger partial charge in [-0.1, -0.05) is 200 Å². The number of hydrogen-bond donors (Lipinski definition) is 0. The summed E-state index contributed by atoms with van der Waals surface area (Å²) in [6.07, 6.45) is 0. The van der Waals surface area contributed by atoms with Crippen LogP contribution in [0.2, 0.25) is 0 Å². The molecule has 306 valence electrons. The van der Waals surface area contributed by atoms with Gasteiger partial charge in [0.2, 0.25) is 0 Å². The molecule has 0 fully saturated rings. The lowest BCUT2D eigenvalue weighted by Crippen LogP contribution is -1.93. The summed E-state index contributed by atoms with van der Waals surface area (Å²) in [4.78, 5) is 0. The van der Waals surface area contributed by atoms with E-state index in [0.29, 0.717) is 0 Å². The fourth-order valence-corrected chi connectivity index (χ4v) is 12.2. The minimum Gasteiger partial charge on any atom is -0.455 e. The molecule has 0 spiro atoms. The fraction of sp³-hybridized carbons (Fsp3) is 0. The molecule has 0 saturated carbocycles. The second kappa shape index (κ2) is 14.6. The van der Waals surface area contributed by atoms with Crippen LogP contribution in [0.3, 0.4) is 0 Å². The molecule has 14 aromatic rings. The average molecular weight is 855 g/mol. The molecule has 0 aliphatic heterocycles. The third-order valence-electron chi connectivity index (χ3n) is 13.9. The van der Waals surface area contributed by atoms with Crippen molar-refractivity contribution in [1.82, 2.24) is 0 Å². The number of para-hydroxylation sites is 2. The van der Waals surface area contributed by atoms with Crippen LogP contribution in [0.5, 0.6) is 0 Å². The van der Waals surface area contributed by atoms with Gasteiger partial charge in [0.25, 0.3) is 0 Å². The number of furan rings is 1. The minimum absolute atomic E-state index is 0.902. The lowest BCUT2D eigenvalue weighted by atomic mass is 9.83. The van der Waals surface area contributed by atoms with E-state index < -0.39 is 0 Å². The Hall–Kier alpha value is -8.30. The Balaban J connectivity index is 1.08. The minimum atomic E-state index is 0.902. The number of benzene rings is 12. The van der Waals surface area contributed by atoms with E-state index in [1.165, 1.54) is 113 Å². The van der Waals surface area contributed by atoms with Gasteiger partial charge in [0.15, 0.2) is 0 Å². The Bertz CT molecular complexity index is 4270. The summed E-state index contributed by atoms with van der Waals surface area (Å²) in [6, 6.07) is 84.8. The second-order valence-electron chi connectivity index (χ2n) is 17.4. The van der Waals surface area contributed by atoms with Crippen LogP contribution >= 0.6 is 11.3 Å². The predicted molar refractivity (Wildman–Crippen MR) is 284 cm³/mol. The van der Waals surface area contributed by atoms with Gasteiger partial charge in [-0.15, -0.1) is 11.3 Å². The molecule has 0 aliphatic carbocycles. The van der Waals surface area contributed by atoms with Gasteiger partial charge in [0.1, 0.15) is 11.2 Å². The van der Waals surface area contributed by atoms with Crippen LogP contribution in [0.25, 0.3) is 141 Å². The lowest BCUT2D eigenvalue weighted by molar-refractivity contribution is 0.670. The Kier molecular flexibility index (Phi) is 8.22. The van der Waals surface area contributed by atoms with Crippen molar-refractivity contribution < 1.29 is 4.42 Å². The second-order valence-corrected chi connectivity index (χ2v) is 18.5. The van der Waals surface area contributed by atoms with E-state index in [4.69, 9.17) is 4.42 Å². The van der Waals surface area contributed by atoms with Crippen LogP contribution < -0.4 is 0 Å². The average Bonchev–Trinajstić information content (AvgIpc) is 3.97. The molecule has 12 aromatic carbocycles. The van der Waals surface area contributed by atoms with E-state index in [2.05, 4.69) is 231 Å². The Morgan fingerprint density at radius 1 is 0.258 bits per heavy atom. The van der Waals surface area contributed by atoms with E-state index >= 15 is 0 Å². The molecule has 1 nitrogen and oxygen atoms in total. The Morgan fingerprint density at radius 2 is 0.697 bits per heavy atom. The van der Waals surface area contributed by atoms with Gasteiger partial charge in [-0.2, -0.15) is 0 Å². The van der Waals surface area contributed by atoms with Crippen molar-refractivity contribution in [3.8, 4) is 55.6 Å². The monoisotopic (exact) mass is 854 g/mol. The van der Waals surface area contributed by atoms with Crippen molar-refractivity contribution in [2.24, 2.45) is 0 Å². The van der Waals surface area contributed by atoms with Gasteiger partial charge in [0, 0.05) is 42.1 Å². The van der Waals surface area contributed by atoms with Crippen LogP contribution in [0.15, 0.2) is 235 Å². The van der Waals surface area contributed by atoms with Crippen LogP contribution in [0.4, 0.5) is 0 Å². The van der Waals surface area contributed by atoms with Crippen LogP contribution in [0, 0.1) is 0 Å². The third kappa shape index (κ3) is 5.52. The summed E-state index contributed by atoms with van der Waals surface area (Å²) in [5.41, 5.74) is 13.9. The van der Waals surface area contributed by atoms with Gasteiger partial charge in [-0.3, -0.25) is 0 Å². The molecule has 0 bridgehead atoms. The van der Waals surface area contributed by atoms with E-state index in [0.717, 1.165) is 27.5 Å². The zero-order valence-electron chi connectivity index (χ0n) is 35.8. The zero-order chi connectivity index (χ0) is 43.3. The van der Waals surface area contributed by atoms with Gasteiger partial charge in [-0.05, 0) is 118 Å². The maximum atomic E-state index is 6.75. The summed E-state index contributed by atoms with van der Waals surface area (Å²) in [6.45, 7) is 0. The molecule has 0 N–H and O–H groups in total. The highest BCUT2D eigenvalue weighted by Crippen LogP contribution is 2.50. The third-order valence-corrected chi connectivity index (χ3v) is 15.0. The fourth-order valence-electron chi connectivity index (χ4n) is 11.1. The zero-order valence-corrected chi connectivity index (χ0v) is 36.6. The van der Waals surface area contributed by atoms with Gasteiger partial charge in [0.05, 0.1) is 0 Å².